The number of hydrogen-bond acceptors (Lipinski definition) is 3. The van der Waals surface area contributed by atoms with Crippen LogP contribution in [0.5, 0.6) is 5.75 Å². The summed E-state index contributed by atoms with van der Waals surface area (Å²) in [7, 11) is 1.61. The van der Waals surface area contributed by atoms with Gasteiger partial charge in [0, 0.05) is 11.1 Å². The molecular weight excluding hydrogens is 403 g/mol. The van der Waals surface area contributed by atoms with E-state index in [0.29, 0.717) is 5.56 Å². The first-order valence-electron chi connectivity index (χ1n) is 7.48. The van der Waals surface area contributed by atoms with E-state index in [-0.39, 0.29) is 5.91 Å². The lowest BCUT2D eigenvalue weighted by Gasteiger charge is -2.17. The van der Waals surface area contributed by atoms with E-state index in [2.05, 4.69) is 45.3 Å². The zero-order chi connectivity index (χ0) is 16.2. The summed E-state index contributed by atoms with van der Waals surface area (Å²) in [5.41, 5.74) is 6.64. The minimum atomic E-state index is -0.207. The van der Waals surface area contributed by atoms with Gasteiger partial charge in [0.1, 0.15) is 5.75 Å². The van der Waals surface area contributed by atoms with Crippen molar-refractivity contribution in [2.45, 2.75) is 19.3 Å². The van der Waals surface area contributed by atoms with E-state index in [1.807, 2.05) is 12.1 Å². The minimum absolute atomic E-state index is 0.207. The maximum atomic E-state index is 12.3. The molecule has 2 aromatic rings. The fraction of sp³-hybridized carbons (Fsp3) is 0.222. The molecule has 0 heterocycles. The van der Waals surface area contributed by atoms with Gasteiger partial charge >= 0.3 is 0 Å². The van der Waals surface area contributed by atoms with Crippen molar-refractivity contribution in [3.63, 3.8) is 0 Å². The highest BCUT2D eigenvalue weighted by Crippen LogP contribution is 2.22. The summed E-state index contributed by atoms with van der Waals surface area (Å²) in [6.45, 7) is 0. The molecule has 0 aliphatic heterocycles. The first-order chi connectivity index (χ1) is 11.2. The van der Waals surface area contributed by atoms with Crippen LogP contribution in [0, 0.1) is 3.57 Å². The van der Waals surface area contributed by atoms with Crippen molar-refractivity contribution in [1.29, 1.82) is 0 Å². The van der Waals surface area contributed by atoms with Gasteiger partial charge in [-0.1, -0.05) is 24.3 Å². The Hall–Kier alpha value is -1.89. The summed E-state index contributed by atoms with van der Waals surface area (Å²) in [5.74, 6) is 0.552. The third-order valence-electron chi connectivity index (χ3n) is 3.89. The normalized spacial score (nSPS) is 15.1. The standard InChI is InChI=1S/C18H17IN2O2/c1-23-17-10-9-13(11-15(17)19)18(22)21-20-16-8-4-6-12-5-2-3-7-14(12)16/h2-3,5,7,9-11H,4,6,8H2,1H3,(H,21,22)/b20-16+. The Morgan fingerprint density at radius 1 is 1.22 bits per heavy atom. The number of rotatable bonds is 3. The Labute approximate surface area is 149 Å². The van der Waals surface area contributed by atoms with Crippen molar-refractivity contribution >= 4 is 34.2 Å². The molecule has 3 rings (SSSR count). The molecule has 1 aliphatic carbocycles. The van der Waals surface area contributed by atoms with Crippen molar-refractivity contribution in [1.82, 2.24) is 5.43 Å². The molecule has 0 bridgehead atoms. The summed E-state index contributed by atoms with van der Waals surface area (Å²) in [6.07, 6.45) is 3.02. The Bertz CT molecular complexity index is 771. The van der Waals surface area contributed by atoms with Crippen LogP contribution in [0.15, 0.2) is 47.6 Å². The number of carbonyl (C=O) groups excluding carboxylic acids is 1. The maximum Gasteiger partial charge on any atom is 0.271 e. The second-order valence-electron chi connectivity index (χ2n) is 5.36. The number of aryl methyl sites for hydroxylation is 1. The van der Waals surface area contributed by atoms with Crippen LogP contribution in [0.1, 0.15) is 34.3 Å². The number of nitrogens with zero attached hydrogens (tertiary/aromatic N) is 1. The summed E-state index contributed by atoms with van der Waals surface area (Å²) in [4.78, 5) is 12.3. The van der Waals surface area contributed by atoms with Gasteiger partial charge in [-0.3, -0.25) is 4.79 Å². The number of hydrogen-bond donors (Lipinski definition) is 1. The Kier molecular flexibility index (Phi) is 4.95. The number of methoxy groups -OCH3 is 1. The van der Waals surface area contributed by atoms with Crippen LogP contribution in [-0.4, -0.2) is 18.7 Å². The molecular formula is C18H17IN2O2. The molecule has 1 aliphatic rings. The van der Waals surface area contributed by atoms with Crippen molar-refractivity contribution < 1.29 is 9.53 Å². The highest BCUT2D eigenvalue weighted by atomic mass is 127. The molecule has 1 amide bonds. The monoisotopic (exact) mass is 420 g/mol. The van der Waals surface area contributed by atoms with Crippen LogP contribution in [0.3, 0.4) is 0 Å². The molecule has 2 aromatic carbocycles. The molecule has 0 atom stereocenters. The summed E-state index contributed by atoms with van der Waals surface area (Å²) in [5, 5.41) is 4.36. The van der Waals surface area contributed by atoms with Crippen LogP contribution in [0.2, 0.25) is 0 Å². The number of nitrogens with one attached hydrogen (secondary N) is 1. The molecule has 0 saturated heterocycles. The summed E-state index contributed by atoms with van der Waals surface area (Å²) >= 11 is 2.15. The SMILES string of the molecule is COc1ccc(C(=O)N/N=C2\CCCc3ccccc32)cc1I. The van der Waals surface area contributed by atoms with Gasteiger partial charge in [0.05, 0.1) is 16.4 Å². The van der Waals surface area contributed by atoms with E-state index < -0.39 is 0 Å². The van der Waals surface area contributed by atoms with Gasteiger partial charge in [-0.2, -0.15) is 5.10 Å². The zero-order valence-corrected chi connectivity index (χ0v) is 15.0. The van der Waals surface area contributed by atoms with E-state index in [1.165, 1.54) is 5.56 Å². The molecule has 5 heteroatoms. The third kappa shape index (κ3) is 3.55. The number of carbonyl (C=O) groups is 1. The van der Waals surface area contributed by atoms with Gasteiger partial charge in [-0.15, -0.1) is 0 Å². The number of ether oxygens (including phenoxy) is 1. The van der Waals surface area contributed by atoms with Crippen LogP contribution >= 0.6 is 22.6 Å². The molecule has 0 saturated carbocycles. The zero-order valence-electron chi connectivity index (χ0n) is 12.8. The lowest BCUT2D eigenvalue weighted by atomic mass is 9.90. The average Bonchev–Trinajstić information content (AvgIpc) is 2.59. The fourth-order valence-electron chi connectivity index (χ4n) is 2.71. The molecule has 0 aromatic heterocycles. The molecule has 4 nitrogen and oxygen atoms in total. The van der Waals surface area contributed by atoms with Crippen molar-refractivity contribution in [3.8, 4) is 5.75 Å². The largest absolute Gasteiger partial charge is 0.496 e. The summed E-state index contributed by atoms with van der Waals surface area (Å²) in [6, 6.07) is 13.6. The lowest BCUT2D eigenvalue weighted by Crippen LogP contribution is -2.22. The predicted molar refractivity (Wildman–Crippen MR) is 99.1 cm³/mol. The molecule has 0 fully saturated rings. The van der Waals surface area contributed by atoms with Crippen molar-refractivity contribution in [2.24, 2.45) is 5.10 Å². The van der Waals surface area contributed by atoms with Gasteiger partial charge < -0.3 is 4.74 Å². The van der Waals surface area contributed by atoms with Gasteiger partial charge in [-0.25, -0.2) is 5.43 Å². The second kappa shape index (κ2) is 7.12. The maximum absolute atomic E-state index is 12.3. The van der Waals surface area contributed by atoms with Crippen molar-refractivity contribution in [2.75, 3.05) is 7.11 Å². The Morgan fingerprint density at radius 3 is 2.83 bits per heavy atom. The predicted octanol–water partition coefficient (Wildman–Crippen LogP) is 3.77. The quantitative estimate of drug-likeness (QED) is 0.607. The summed E-state index contributed by atoms with van der Waals surface area (Å²) < 4.78 is 6.10. The smallest absolute Gasteiger partial charge is 0.271 e. The minimum Gasteiger partial charge on any atom is -0.496 e. The van der Waals surface area contributed by atoms with E-state index in [4.69, 9.17) is 4.74 Å². The van der Waals surface area contributed by atoms with Gasteiger partial charge in [-0.05, 0) is 65.6 Å². The molecule has 118 valence electrons. The van der Waals surface area contributed by atoms with Crippen LogP contribution in [-0.2, 0) is 6.42 Å². The Morgan fingerprint density at radius 2 is 2.04 bits per heavy atom. The fourth-order valence-corrected chi connectivity index (χ4v) is 3.44. The number of benzene rings is 2. The molecule has 0 spiro atoms. The van der Waals surface area contributed by atoms with E-state index in [1.54, 1.807) is 25.3 Å². The number of fused-ring (bicyclic) bond motifs is 1. The number of hydrazone groups is 1. The molecule has 1 N–H and O–H groups in total. The molecule has 23 heavy (non-hydrogen) atoms. The van der Waals surface area contributed by atoms with E-state index in [9.17, 15) is 4.79 Å². The first-order valence-corrected chi connectivity index (χ1v) is 8.55. The number of halogens is 1. The molecule has 0 radical (unpaired) electrons. The van der Waals surface area contributed by atoms with Gasteiger partial charge in [0.2, 0.25) is 0 Å². The van der Waals surface area contributed by atoms with E-state index in [0.717, 1.165) is 39.9 Å². The number of amides is 1. The highest BCUT2D eigenvalue weighted by molar-refractivity contribution is 14.1. The molecule has 0 unspecified atom stereocenters. The average molecular weight is 420 g/mol. The van der Waals surface area contributed by atoms with Gasteiger partial charge in [0.25, 0.3) is 5.91 Å². The third-order valence-corrected chi connectivity index (χ3v) is 4.74. The first kappa shape index (κ1) is 16.0. The van der Waals surface area contributed by atoms with Crippen LogP contribution < -0.4 is 10.2 Å². The van der Waals surface area contributed by atoms with Crippen LogP contribution in [0.4, 0.5) is 0 Å². The van der Waals surface area contributed by atoms with Crippen molar-refractivity contribution in [3.05, 3.63) is 62.7 Å². The Balaban J connectivity index is 1.78. The lowest BCUT2D eigenvalue weighted by molar-refractivity contribution is 0.0954. The van der Waals surface area contributed by atoms with E-state index >= 15 is 0 Å². The van der Waals surface area contributed by atoms with Crippen LogP contribution in [0.25, 0.3) is 0 Å². The second-order valence-corrected chi connectivity index (χ2v) is 6.52. The highest BCUT2D eigenvalue weighted by Gasteiger charge is 2.15. The topological polar surface area (TPSA) is 50.7 Å². The van der Waals surface area contributed by atoms with Gasteiger partial charge in [0.15, 0.2) is 0 Å².